The third kappa shape index (κ3) is 1.39. The van der Waals surface area contributed by atoms with E-state index in [-0.39, 0.29) is 0 Å². The van der Waals surface area contributed by atoms with Crippen LogP contribution in [0, 0.1) is 13.8 Å². The Kier molecular flexibility index (Phi) is 2.02. The first-order valence-electron chi connectivity index (χ1n) is 4.91. The molecule has 0 atom stereocenters. The second-order valence-electron chi connectivity index (χ2n) is 4.04. The minimum absolute atomic E-state index is 0.322. The Hall–Kier alpha value is -1.38. The first-order chi connectivity index (χ1) is 6.58. The fourth-order valence-corrected chi connectivity index (χ4v) is 1.42. The number of nitrogens with zero attached hydrogens (tertiary/aromatic N) is 3. The maximum absolute atomic E-state index is 4.42. The molecule has 1 heterocycles. The monoisotopic (exact) mass is 189 g/mol. The third-order valence-corrected chi connectivity index (χ3v) is 2.47. The zero-order valence-electron chi connectivity index (χ0n) is 9.07. The number of hydrogen-bond acceptors (Lipinski definition) is 2. The van der Waals surface area contributed by atoms with Gasteiger partial charge in [0.1, 0.15) is 11.0 Å². The largest absolute Gasteiger partial charge is 0.181 e. The Morgan fingerprint density at radius 3 is 1.79 bits per heavy atom. The molecule has 0 saturated heterocycles. The molecule has 14 heavy (non-hydrogen) atoms. The van der Waals surface area contributed by atoms with Gasteiger partial charge in [0.2, 0.25) is 0 Å². The van der Waals surface area contributed by atoms with E-state index < -0.39 is 0 Å². The van der Waals surface area contributed by atoms with E-state index in [0.717, 1.165) is 11.0 Å². The highest BCUT2D eigenvalue weighted by Crippen LogP contribution is 2.16. The van der Waals surface area contributed by atoms with Crippen LogP contribution in [0.4, 0.5) is 0 Å². The SMILES string of the molecule is Cc1cc2nn(C(C)C)nc2cc1C. The van der Waals surface area contributed by atoms with Crippen LogP contribution >= 0.6 is 0 Å². The number of rotatable bonds is 1. The molecule has 0 bridgehead atoms. The lowest BCUT2D eigenvalue weighted by molar-refractivity contribution is 0.472. The molecule has 0 spiro atoms. The first kappa shape index (κ1) is 9.19. The molecule has 0 aliphatic heterocycles. The molecule has 1 aromatic heterocycles. The van der Waals surface area contributed by atoms with Crippen molar-refractivity contribution in [1.82, 2.24) is 15.0 Å². The Balaban J connectivity index is 2.66. The quantitative estimate of drug-likeness (QED) is 0.690. The smallest absolute Gasteiger partial charge is 0.113 e. The van der Waals surface area contributed by atoms with E-state index in [9.17, 15) is 0 Å². The van der Waals surface area contributed by atoms with Crippen molar-refractivity contribution in [2.75, 3.05) is 0 Å². The number of benzene rings is 1. The summed E-state index contributed by atoms with van der Waals surface area (Å²) in [7, 11) is 0. The van der Waals surface area contributed by atoms with Crippen LogP contribution in [0.2, 0.25) is 0 Å². The normalized spacial score (nSPS) is 11.5. The molecule has 74 valence electrons. The van der Waals surface area contributed by atoms with Crippen LogP contribution in [0.25, 0.3) is 11.0 Å². The Bertz CT molecular complexity index is 430. The Morgan fingerprint density at radius 1 is 1.00 bits per heavy atom. The maximum Gasteiger partial charge on any atom is 0.113 e. The average Bonchev–Trinajstić information content (AvgIpc) is 2.48. The van der Waals surface area contributed by atoms with Gasteiger partial charge in [-0.25, -0.2) is 0 Å². The van der Waals surface area contributed by atoms with Crippen LogP contribution < -0.4 is 0 Å². The van der Waals surface area contributed by atoms with Crippen LogP contribution in [0.15, 0.2) is 12.1 Å². The maximum atomic E-state index is 4.42. The summed E-state index contributed by atoms with van der Waals surface area (Å²) in [6.45, 7) is 8.36. The second-order valence-corrected chi connectivity index (χ2v) is 4.04. The molecule has 1 aromatic carbocycles. The van der Waals surface area contributed by atoms with Gasteiger partial charge in [-0.1, -0.05) is 0 Å². The summed E-state index contributed by atoms with van der Waals surface area (Å²) in [6, 6.07) is 4.51. The highest BCUT2D eigenvalue weighted by Gasteiger charge is 2.06. The van der Waals surface area contributed by atoms with E-state index in [2.05, 4.69) is 50.0 Å². The Labute approximate surface area is 83.7 Å². The summed E-state index contributed by atoms with van der Waals surface area (Å²) in [5.74, 6) is 0. The predicted octanol–water partition coefficient (Wildman–Crippen LogP) is 2.63. The number of hydrogen-bond donors (Lipinski definition) is 0. The molecule has 3 heteroatoms. The zero-order valence-corrected chi connectivity index (χ0v) is 9.07. The minimum atomic E-state index is 0.322. The van der Waals surface area contributed by atoms with Gasteiger partial charge in [0, 0.05) is 0 Å². The highest BCUT2D eigenvalue weighted by atomic mass is 15.5. The lowest BCUT2D eigenvalue weighted by atomic mass is 10.1. The van der Waals surface area contributed by atoms with E-state index in [1.54, 1.807) is 4.80 Å². The van der Waals surface area contributed by atoms with Gasteiger partial charge in [-0.3, -0.25) is 0 Å². The summed E-state index contributed by atoms with van der Waals surface area (Å²) >= 11 is 0. The van der Waals surface area contributed by atoms with Crippen molar-refractivity contribution in [3.63, 3.8) is 0 Å². The molecule has 0 radical (unpaired) electrons. The van der Waals surface area contributed by atoms with Gasteiger partial charge >= 0.3 is 0 Å². The van der Waals surface area contributed by atoms with Crippen LogP contribution in [0.1, 0.15) is 31.0 Å². The molecule has 2 rings (SSSR count). The highest BCUT2D eigenvalue weighted by molar-refractivity contribution is 5.75. The van der Waals surface area contributed by atoms with Gasteiger partial charge < -0.3 is 0 Å². The van der Waals surface area contributed by atoms with Gasteiger partial charge in [0.25, 0.3) is 0 Å². The van der Waals surface area contributed by atoms with Gasteiger partial charge in [-0.05, 0) is 51.0 Å². The van der Waals surface area contributed by atoms with Crippen LogP contribution in [-0.4, -0.2) is 15.0 Å². The Morgan fingerprint density at radius 2 is 1.43 bits per heavy atom. The predicted molar refractivity (Wildman–Crippen MR) is 57.4 cm³/mol. The van der Waals surface area contributed by atoms with Gasteiger partial charge in [0.15, 0.2) is 0 Å². The molecular weight excluding hydrogens is 174 g/mol. The molecule has 0 saturated carbocycles. The molecule has 0 aliphatic rings. The number of fused-ring (bicyclic) bond motifs is 1. The fourth-order valence-electron chi connectivity index (χ4n) is 1.42. The zero-order chi connectivity index (χ0) is 10.3. The average molecular weight is 189 g/mol. The van der Waals surface area contributed by atoms with E-state index in [4.69, 9.17) is 0 Å². The van der Waals surface area contributed by atoms with E-state index in [1.807, 2.05) is 0 Å². The van der Waals surface area contributed by atoms with Crippen LogP contribution in [-0.2, 0) is 0 Å². The minimum Gasteiger partial charge on any atom is -0.181 e. The molecule has 2 aromatic rings. The fraction of sp³-hybridized carbons (Fsp3) is 0.455. The lowest BCUT2D eigenvalue weighted by Crippen LogP contribution is -2.03. The number of aryl methyl sites for hydroxylation is 2. The van der Waals surface area contributed by atoms with Crippen LogP contribution in [0.3, 0.4) is 0 Å². The number of aromatic nitrogens is 3. The summed E-state index contributed by atoms with van der Waals surface area (Å²) < 4.78 is 0. The molecule has 0 unspecified atom stereocenters. The summed E-state index contributed by atoms with van der Waals surface area (Å²) in [5.41, 5.74) is 4.52. The summed E-state index contributed by atoms with van der Waals surface area (Å²) in [4.78, 5) is 1.77. The van der Waals surface area contributed by atoms with Gasteiger partial charge in [-0.2, -0.15) is 15.0 Å². The van der Waals surface area contributed by atoms with Crippen molar-refractivity contribution < 1.29 is 0 Å². The van der Waals surface area contributed by atoms with Crippen molar-refractivity contribution in [2.24, 2.45) is 0 Å². The molecule has 3 nitrogen and oxygen atoms in total. The van der Waals surface area contributed by atoms with E-state index in [1.165, 1.54) is 11.1 Å². The van der Waals surface area contributed by atoms with E-state index in [0.29, 0.717) is 6.04 Å². The standard InChI is InChI=1S/C11H15N3/c1-7(2)14-12-10-5-8(3)9(4)6-11(10)13-14/h5-7H,1-4H3. The molecule has 0 aliphatic carbocycles. The summed E-state index contributed by atoms with van der Waals surface area (Å²) in [6.07, 6.45) is 0. The van der Waals surface area contributed by atoms with Crippen molar-refractivity contribution in [3.05, 3.63) is 23.3 Å². The van der Waals surface area contributed by atoms with Crippen LogP contribution in [0.5, 0.6) is 0 Å². The van der Waals surface area contributed by atoms with Crippen molar-refractivity contribution in [2.45, 2.75) is 33.7 Å². The molecular formula is C11H15N3. The third-order valence-electron chi connectivity index (χ3n) is 2.47. The van der Waals surface area contributed by atoms with E-state index >= 15 is 0 Å². The van der Waals surface area contributed by atoms with Crippen molar-refractivity contribution in [3.8, 4) is 0 Å². The van der Waals surface area contributed by atoms with Gasteiger partial charge in [0.05, 0.1) is 6.04 Å². The summed E-state index contributed by atoms with van der Waals surface area (Å²) in [5, 5.41) is 8.84. The topological polar surface area (TPSA) is 30.7 Å². The van der Waals surface area contributed by atoms with Crippen molar-refractivity contribution >= 4 is 11.0 Å². The molecule has 0 N–H and O–H groups in total. The first-order valence-corrected chi connectivity index (χ1v) is 4.91. The van der Waals surface area contributed by atoms with Gasteiger partial charge in [-0.15, -0.1) is 0 Å². The second kappa shape index (κ2) is 3.08. The lowest BCUT2D eigenvalue weighted by Gasteiger charge is -1.99. The molecule has 0 fully saturated rings. The molecule has 0 amide bonds. The van der Waals surface area contributed by atoms with Crippen molar-refractivity contribution in [1.29, 1.82) is 0 Å².